The molecule has 110 valence electrons. The summed E-state index contributed by atoms with van der Waals surface area (Å²) in [5, 5.41) is 9.11. The number of aromatic carboxylic acids is 1. The first-order valence-corrected chi connectivity index (χ1v) is 6.68. The van der Waals surface area contributed by atoms with E-state index < -0.39 is 11.9 Å². The summed E-state index contributed by atoms with van der Waals surface area (Å²) in [5.74, 6) is -1.57. The first-order chi connectivity index (χ1) is 9.14. The third-order valence-electron chi connectivity index (χ3n) is 3.07. The molecule has 0 saturated carbocycles. The minimum absolute atomic E-state index is 0.0334. The molecule has 0 bridgehead atoms. The second-order valence-corrected chi connectivity index (χ2v) is 6.29. The van der Waals surface area contributed by atoms with Gasteiger partial charge in [-0.25, -0.2) is 9.59 Å². The highest BCUT2D eigenvalue weighted by atomic mass is 16.5. The van der Waals surface area contributed by atoms with E-state index in [0.29, 0.717) is 0 Å². The van der Waals surface area contributed by atoms with Crippen molar-refractivity contribution in [2.24, 2.45) is 11.3 Å². The summed E-state index contributed by atoms with van der Waals surface area (Å²) in [6.07, 6.45) is -0.281. The lowest BCUT2D eigenvalue weighted by Gasteiger charge is -2.33. The Morgan fingerprint density at radius 1 is 1.10 bits per heavy atom. The lowest BCUT2D eigenvalue weighted by Crippen LogP contribution is -2.36. The average Bonchev–Trinajstić information content (AvgIpc) is 2.33. The van der Waals surface area contributed by atoms with Crippen LogP contribution in [0.2, 0.25) is 0 Å². The van der Waals surface area contributed by atoms with Gasteiger partial charge in [0, 0.05) is 0 Å². The molecule has 0 unspecified atom stereocenters. The van der Waals surface area contributed by atoms with Gasteiger partial charge in [0.2, 0.25) is 0 Å². The molecule has 0 aromatic heterocycles. The Hall–Kier alpha value is -1.84. The van der Waals surface area contributed by atoms with Crippen LogP contribution in [0, 0.1) is 11.3 Å². The number of benzene rings is 1. The number of carbonyl (C=O) groups excluding carboxylic acids is 1. The van der Waals surface area contributed by atoms with Gasteiger partial charge in [0.15, 0.2) is 0 Å². The highest BCUT2D eigenvalue weighted by molar-refractivity contribution is 6.02. The minimum atomic E-state index is -1.13. The van der Waals surface area contributed by atoms with Gasteiger partial charge in [-0.2, -0.15) is 0 Å². The van der Waals surface area contributed by atoms with Crippen molar-refractivity contribution in [1.82, 2.24) is 0 Å². The minimum Gasteiger partial charge on any atom is -0.478 e. The molecule has 1 N–H and O–H groups in total. The topological polar surface area (TPSA) is 63.6 Å². The van der Waals surface area contributed by atoms with Crippen molar-refractivity contribution in [3.63, 3.8) is 0 Å². The van der Waals surface area contributed by atoms with Gasteiger partial charge in [0.05, 0.1) is 11.1 Å². The highest BCUT2D eigenvalue weighted by Gasteiger charge is 2.32. The van der Waals surface area contributed by atoms with Crippen LogP contribution in [0.3, 0.4) is 0 Å². The largest absolute Gasteiger partial charge is 0.478 e. The summed E-state index contributed by atoms with van der Waals surface area (Å²) in [5.41, 5.74) is -0.147. The van der Waals surface area contributed by atoms with Gasteiger partial charge in [-0.05, 0) is 23.5 Å². The van der Waals surface area contributed by atoms with Crippen LogP contribution in [0.4, 0.5) is 0 Å². The first kappa shape index (κ1) is 16.2. The number of hydrogen-bond donors (Lipinski definition) is 1. The fourth-order valence-corrected chi connectivity index (χ4v) is 2.34. The van der Waals surface area contributed by atoms with E-state index in [9.17, 15) is 9.59 Å². The van der Waals surface area contributed by atoms with Crippen molar-refractivity contribution in [2.75, 3.05) is 0 Å². The van der Waals surface area contributed by atoms with Gasteiger partial charge >= 0.3 is 11.9 Å². The van der Waals surface area contributed by atoms with Crippen LogP contribution in [0.1, 0.15) is 55.3 Å². The fourth-order valence-electron chi connectivity index (χ4n) is 2.34. The maximum absolute atomic E-state index is 12.2. The van der Waals surface area contributed by atoms with Crippen molar-refractivity contribution in [1.29, 1.82) is 0 Å². The number of ether oxygens (including phenoxy) is 1. The molecule has 4 heteroatoms. The molecule has 0 heterocycles. The molecule has 0 aliphatic heterocycles. The maximum Gasteiger partial charge on any atom is 0.339 e. The standard InChI is InChI=1S/C16H22O4/c1-10(2)13(16(3,4)5)20-15(19)12-9-7-6-8-11(12)14(17)18/h6-10,13H,1-5H3,(H,17,18)/t13-/m1/s1. The van der Waals surface area contributed by atoms with Gasteiger partial charge < -0.3 is 9.84 Å². The summed E-state index contributed by atoms with van der Waals surface area (Å²) in [6.45, 7) is 9.94. The van der Waals surface area contributed by atoms with Crippen LogP contribution < -0.4 is 0 Å². The number of esters is 1. The molecule has 20 heavy (non-hydrogen) atoms. The zero-order chi connectivity index (χ0) is 15.5. The second kappa shape index (κ2) is 6.07. The van der Waals surface area contributed by atoms with E-state index in [4.69, 9.17) is 9.84 Å². The van der Waals surface area contributed by atoms with Crippen molar-refractivity contribution in [3.8, 4) is 0 Å². The molecule has 1 aromatic rings. The molecule has 0 aliphatic rings. The third-order valence-corrected chi connectivity index (χ3v) is 3.07. The number of carbonyl (C=O) groups is 2. The van der Waals surface area contributed by atoms with Gasteiger partial charge in [0.25, 0.3) is 0 Å². The van der Waals surface area contributed by atoms with Crippen LogP contribution in [0.5, 0.6) is 0 Å². The summed E-state index contributed by atoms with van der Waals surface area (Å²) >= 11 is 0. The Morgan fingerprint density at radius 2 is 1.60 bits per heavy atom. The van der Waals surface area contributed by atoms with E-state index in [2.05, 4.69) is 0 Å². The monoisotopic (exact) mass is 278 g/mol. The van der Waals surface area contributed by atoms with Crippen molar-refractivity contribution >= 4 is 11.9 Å². The third kappa shape index (κ3) is 3.83. The van der Waals surface area contributed by atoms with Crippen molar-refractivity contribution in [3.05, 3.63) is 35.4 Å². The Morgan fingerprint density at radius 3 is 2.00 bits per heavy atom. The first-order valence-electron chi connectivity index (χ1n) is 6.68. The number of hydrogen-bond acceptors (Lipinski definition) is 3. The quantitative estimate of drug-likeness (QED) is 0.854. The molecule has 0 spiro atoms. The average molecular weight is 278 g/mol. The zero-order valence-electron chi connectivity index (χ0n) is 12.6. The molecular formula is C16H22O4. The van der Waals surface area contributed by atoms with Crippen molar-refractivity contribution < 1.29 is 19.4 Å². The van der Waals surface area contributed by atoms with Crippen LogP contribution >= 0.6 is 0 Å². The summed E-state index contributed by atoms with van der Waals surface area (Å²) in [6, 6.07) is 6.10. The van der Waals surface area contributed by atoms with E-state index in [0.717, 1.165) is 0 Å². The van der Waals surface area contributed by atoms with Gasteiger partial charge in [-0.3, -0.25) is 0 Å². The molecule has 0 fully saturated rings. The van der Waals surface area contributed by atoms with E-state index >= 15 is 0 Å². The van der Waals surface area contributed by atoms with E-state index in [1.54, 1.807) is 12.1 Å². The smallest absolute Gasteiger partial charge is 0.339 e. The van der Waals surface area contributed by atoms with Gasteiger partial charge in [0.1, 0.15) is 6.10 Å². The predicted molar refractivity (Wildman–Crippen MR) is 76.9 cm³/mol. The summed E-state index contributed by atoms with van der Waals surface area (Å²) < 4.78 is 5.55. The normalized spacial score (nSPS) is 13.1. The highest BCUT2D eigenvalue weighted by Crippen LogP contribution is 2.29. The molecule has 4 nitrogen and oxygen atoms in total. The van der Waals surface area contributed by atoms with E-state index in [1.165, 1.54) is 12.1 Å². The van der Waals surface area contributed by atoms with Crippen LogP contribution in [0.25, 0.3) is 0 Å². The maximum atomic E-state index is 12.2. The fraction of sp³-hybridized carbons (Fsp3) is 0.500. The Kier molecular flexibility index (Phi) is 4.93. The summed E-state index contributed by atoms with van der Waals surface area (Å²) in [4.78, 5) is 23.4. The van der Waals surface area contributed by atoms with Crippen LogP contribution in [-0.2, 0) is 4.74 Å². The number of carboxylic acid groups (broad SMARTS) is 1. The number of rotatable bonds is 4. The van der Waals surface area contributed by atoms with E-state index in [-0.39, 0.29) is 28.6 Å². The molecular weight excluding hydrogens is 256 g/mol. The summed E-state index contributed by atoms with van der Waals surface area (Å²) in [7, 11) is 0. The molecule has 0 aliphatic carbocycles. The Bertz CT molecular complexity index is 497. The molecule has 1 atom stereocenters. The van der Waals surface area contributed by atoms with E-state index in [1.807, 2.05) is 34.6 Å². The van der Waals surface area contributed by atoms with Gasteiger partial charge in [-0.15, -0.1) is 0 Å². The predicted octanol–water partition coefficient (Wildman–Crippen LogP) is 3.61. The number of carboxylic acids is 1. The lowest BCUT2D eigenvalue weighted by molar-refractivity contribution is -0.0224. The molecule has 0 radical (unpaired) electrons. The zero-order valence-corrected chi connectivity index (χ0v) is 12.6. The van der Waals surface area contributed by atoms with Crippen LogP contribution in [-0.4, -0.2) is 23.1 Å². The van der Waals surface area contributed by atoms with Crippen LogP contribution in [0.15, 0.2) is 24.3 Å². The SMILES string of the molecule is CC(C)[C@@H](OC(=O)c1ccccc1C(=O)O)C(C)(C)C. The van der Waals surface area contributed by atoms with Crippen molar-refractivity contribution in [2.45, 2.75) is 40.7 Å². The second-order valence-electron chi connectivity index (χ2n) is 6.29. The molecule has 1 rings (SSSR count). The molecule has 1 aromatic carbocycles. The Labute approximate surface area is 119 Å². The Balaban J connectivity index is 3.05. The molecule has 0 saturated heterocycles. The molecule has 0 amide bonds. The van der Waals surface area contributed by atoms with Gasteiger partial charge in [-0.1, -0.05) is 46.8 Å². The lowest BCUT2D eigenvalue weighted by atomic mass is 9.82.